The molecule has 7 nitrogen and oxygen atoms in total. The Labute approximate surface area is 279 Å². The monoisotopic (exact) mass is 638 g/mol. The first kappa shape index (κ1) is 31.2. The van der Waals surface area contributed by atoms with Crippen molar-refractivity contribution in [2.45, 2.75) is 99.6 Å². The second-order valence-corrected chi connectivity index (χ2v) is 15.4. The Morgan fingerprint density at radius 3 is 2.53 bits per heavy atom. The summed E-state index contributed by atoms with van der Waals surface area (Å²) in [7, 11) is 2.14. The molecule has 1 unspecified atom stereocenters. The number of aryl methyl sites for hydroxylation is 1. The topological polar surface area (TPSA) is 85.6 Å². The molecule has 3 aromatic rings. The van der Waals surface area contributed by atoms with Crippen molar-refractivity contribution in [3.8, 4) is 17.2 Å². The molecule has 47 heavy (non-hydrogen) atoms. The first-order chi connectivity index (χ1) is 22.7. The van der Waals surface area contributed by atoms with Gasteiger partial charge in [-0.2, -0.15) is 0 Å². The minimum atomic E-state index is -1.09. The largest absolute Gasteiger partial charge is 0.504 e. The molecule has 3 fully saturated rings. The lowest BCUT2D eigenvalue weighted by molar-refractivity contribution is -0.237. The van der Waals surface area contributed by atoms with Crippen molar-refractivity contribution < 1.29 is 24.8 Å². The predicted octanol–water partition coefficient (Wildman–Crippen LogP) is 5.92. The van der Waals surface area contributed by atoms with Gasteiger partial charge in [0.05, 0.1) is 11.0 Å². The number of phenolic OH excluding ortho intramolecular Hbond substituents is 1. The normalized spacial score (nSPS) is 31.3. The summed E-state index contributed by atoms with van der Waals surface area (Å²) in [4.78, 5) is 4.87. The van der Waals surface area contributed by atoms with Crippen LogP contribution in [0.3, 0.4) is 0 Å². The maximum Gasteiger partial charge on any atom is 0.165 e. The second-order valence-electron chi connectivity index (χ2n) is 15.4. The minimum Gasteiger partial charge on any atom is -0.504 e. The Bertz CT molecular complexity index is 1590. The van der Waals surface area contributed by atoms with Crippen molar-refractivity contribution in [2.75, 3.05) is 33.2 Å². The summed E-state index contributed by atoms with van der Waals surface area (Å²) in [6.45, 7) is 5.71. The van der Waals surface area contributed by atoms with Gasteiger partial charge in [0.15, 0.2) is 11.5 Å². The molecule has 3 aliphatic carbocycles. The van der Waals surface area contributed by atoms with Gasteiger partial charge in [0.2, 0.25) is 0 Å². The molecule has 3 aromatic carbocycles. The lowest BCUT2D eigenvalue weighted by atomic mass is 9.46. The number of aromatic hydroxyl groups is 1. The number of hydrogen-bond donors (Lipinski definition) is 3. The SMILES string of the molecule is Cc1ccc(OC(CCN(C)CCC[C@]2(O)CC[C@@]3(O)[C@H]4Cc5ccc(O)c6c5[C@@]3(CCN4CC3CC3)[C@H]2O6)c2ccccc2)cc1. The van der Waals surface area contributed by atoms with E-state index in [0.29, 0.717) is 25.0 Å². The maximum absolute atomic E-state index is 12.8. The highest BCUT2D eigenvalue weighted by atomic mass is 16.5. The first-order valence-corrected chi connectivity index (χ1v) is 17.9. The smallest absolute Gasteiger partial charge is 0.165 e. The molecule has 1 saturated heterocycles. The number of piperidine rings is 1. The number of likely N-dealkylation sites (tertiary alicyclic amines) is 1. The minimum absolute atomic E-state index is 0.0151. The van der Waals surface area contributed by atoms with Crippen LogP contribution in [-0.4, -0.2) is 81.7 Å². The van der Waals surface area contributed by atoms with Crippen molar-refractivity contribution in [2.24, 2.45) is 5.92 Å². The molecule has 0 amide bonds. The van der Waals surface area contributed by atoms with Crippen molar-refractivity contribution >= 4 is 0 Å². The van der Waals surface area contributed by atoms with Gasteiger partial charge < -0.3 is 29.7 Å². The standard InChI is InChI=1S/C40H50N2O5/c1-27-9-14-31(15-10-27)46-33(29-7-4-3-5-8-29)17-23-41(2)22-6-18-38(44)19-20-40(45)34-25-30-13-16-32(43)36-35(30)39(40,37(38)47-36)21-24-42(34)26-28-11-12-28/h3-5,7-10,13-16,28,33-34,37,43-45H,6,11-12,17-26H2,1-2H3/t33?,34-,37+,38+,39+,40-/m1/s1. The molecule has 6 atom stereocenters. The van der Waals surface area contributed by atoms with E-state index in [-0.39, 0.29) is 17.9 Å². The molecule has 250 valence electrons. The number of nitrogens with zero attached hydrogens (tertiary/aromatic N) is 2. The summed E-state index contributed by atoms with van der Waals surface area (Å²) in [6.07, 6.45) is 6.74. The molecule has 3 N–H and O–H groups in total. The maximum atomic E-state index is 12.8. The van der Waals surface area contributed by atoms with Gasteiger partial charge in [-0.15, -0.1) is 0 Å². The van der Waals surface area contributed by atoms with Gasteiger partial charge >= 0.3 is 0 Å². The molecule has 7 heteroatoms. The zero-order chi connectivity index (χ0) is 32.4. The van der Waals surface area contributed by atoms with E-state index in [4.69, 9.17) is 9.47 Å². The van der Waals surface area contributed by atoms with Crippen LogP contribution in [0.1, 0.15) is 79.7 Å². The highest BCUT2D eigenvalue weighted by Gasteiger charge is 2.75. The molecule has 8 rings (SSSR count). The van der Waals surface area contributed by atoms with Crippen molar-refractivity contribution in [1.82, 2.24) is 9.80 Å². The van der Waals surface area contributed by atoms with Crippen molar-refractivity contribution in [3.05, 3.63) is 89.0 Å². The van der Waals surface area contributed by atoms with Crippen LogP contribution in [0.5, 0.6) is 17.2 Å². The summed E-state index contributed by atoms with van der Waals surface area (Å²) in [5, 5.41) is 36.2. The van der Waals surface area contributed by atoms with Gasteiger partial charge in [0, 0.05) is 31.1 Å². The molecule has 2 bridgehead atoms. The lowest BCUT2D eigenvalue weighted by Gasteiger charge is -2.65. The van der Waals surface area contributed by atoms with Gasteiger partial charge in [-0.1, -0.05) is 54.1 Å². The van der Waals surface area contributed by atoms with Crippen LogP contribution in [-0.2, 0) is 11.8 Å². The van der Waals surface area contributed by atoms with E-state index < -0.39 is 22.7 Å². The fraction of sp³-hybridized carbons (Fsp3) is 0.550. The quantitative estimate of drug-likeness (QED) is 0.227. The Hall–Kier alpha value is -3.10. The summed E-state index contributed by atoms with van der Waals surface area (Å²) in [5.41, 5.74) is 1.75. The van der Waals surface area contributed by atoms with Crippen LogP contribution in [0.15, 0.2) is 66.7 Å². The zero-order valence-corrected chi connectivity index (χ0v) is 27.9. The molecule has 0 radical (unpaired) electrons. The number of benzene rings is 3. The summed E-state index contributed by atoms with van der Waals surface area (Å²) in [6, 6.07) is 22.5. The fourth-order valence-electron chi connectivity index (χ4n) is 9.69. The van der Waals surface area contributed by atoms with E-state index >= 15 is 0 Å². The van der Waals surface area contributed by atoms with Crippen LogP contribution in [0.2, 0.25) is 0 Å². The molecule has 2 saturated carbocycles. The third-order valence-corrected chi connectivity index (χ3v) is 12.3. The highest BCUT2D eigenvalue weighted by molar-refractivity contribution is 5.63. The van der Waals surface area contributed by atoms with E-state index in [1.807, 2.05) is 24.3 Å². The molecule has 1 spiro atoms. The Morgan fingerprint density at radius 2 is 1.77 bits per heavy atom. The van der Waals surface area contributed by atoms with Crippen LogP contribution in [0, 0.1) is 12.8 Å². The number of phenols is 1. The third kappa shape index (κ3) is 5.25. The summed E-state index contributed by atoms with van der Waals surface area (Å²) >= 11 is 0. The van der Waals surface area contributed by atoms with Crippen molar-refractivity contribution in [1.29, 1.82) is 0 Å². The van der Waals surface area contributed by atoms with Gasteiger partial charge in [-0.05, 0) is 114 Å². The number of rotatable bonds is 12. The predicted molar refractivity (Wildman–Crippen MR) is 182 cm³/mol. The third-order valence-electron chi connectivity index (χ3n) is 12.3. The Morgan fingerprint density at radius 1 is 0.979 bits per heavy atom. The molecule has 5 aliphatic rings. The zero-order valence-electron chi connectivity index (χ0n) is 27.9. The van der Waals surface area contributed by atoms with Crippen LogP contribution in [0.4, 0.5) is 0 Å². The van der Waals surface area contributed by atoms with Crippen LogP contribution < -0.4 is 9.47 Å². The first-order valence-electron chi connectivity index (χ1n) is 17.9. The fourth-order valence-corrected chi connectivity index (χ4v) is 9.69. The number of aliphatic hydroxyl groups is 2. The average molecular weight is 639 g/mol. The summed E-state index contributed by atoms with van der Waals surface area (Å²) < 4.78 is 13.1. The Kier molecular flexibility index (Phi) is 7.83. The van der Waals surface area contributed by atoms with E-state index in [2.05, 4.69) is 60.2 Å². The van der Waals surface area contributed by atoms with Gasteiger partial charge in [-0.25, -0.2) is 0 Å². The number of hydrogen-bond acceptors (Lipinski definition) is 7. The van der Waals surface area contributed by atoms with E-state index in [1.54, 1.807) is 6.07 Å². The lowest BCUT2D eigenvalue weighted by Crippen LogP contribution is -2.79. The number of ether oxygens (including phenoxy) is 2. The molecule has 2 aliphatic heterocycles. The highest BCUT2D eigenvalue weighted by Crippen LogP contribution is 2.67. The molecule has 0 aromatic heterocycles. The molecular weight excluding hydrogens is 588 g/mol. The van der Waals surface area contributed by atoms with Crippen LogP contribution in [0.25, 0.3) is 0 Å². The van der Waals surface area contributed by atoms with E-state index in [9.17, 15) is 15.3 Å². The van der Waals surface area contributed by atoms with Crippen LogP contribution >= 0.6 is 0 Å². The second kappa shape index (κ2) is 11.8. The van der Waals surface area contributed by atoms with E-state index in [0.717, 1.165) is 69.1 Å². The average Bonchev–Trinajstić information content (AvgIpc) is 3.81. The Balaban J connectivity index is 0.961. The van der Waals surface area contributed by atoms with Gasteiger partial charge in [0.25, 0.3) is 0 Å². The van der Waals surface area contributed by atoms with Gasteiger partial charge in [0.1, 0.15) is 23.6 Å². The van der Waals surface area contributed by atoms with Gasteiger partial charge in [-0.3, -0.25) is 4.90 Å². The van der Waals surface area contributed by atoms with E-state index in [1.165, 1.54) is 29.5 Å². The molecular formula is C40H50N2O5. The summed E-state index contributed by atoms with van der Waals surface area (Å²) in [5.74, 6) is 2.24. The van der Waals surface area contributed by atoms with Crippen molar-refractivity contribution in [3.63, 3.8) is 0 Å². The molecule has 2 heterocycles.